The van der Waals surface area contributed by atoms with Gasteiger partial charge in [0.15, 0.2) is 23.3 Å². The predicted molar refractivity (Wildman–Crippen MR) is 65.1 cm³/mol. The molecule has 18 heavy (non-hydrogen) atoms. The van der Waals surface area contributed by atoms with Gasteiger partial charge in [0.05, 0.1) is 0 Å². The second kappa shape index (κ2) is 4.35. The van der Waals surface area contributed by atoms with Crippen molar-refractivity contribution in [3.63, 3.8) is 0 Å². The highest BCUT2D eigenvalue weighted by Gasteiger charge is 2.36. The van der Waals surface area contributed by atoms with Crippen molar-refractivity contribution in [2.24, 2.45) is 11.8 Å². The average Bonchev–Trinajstić information content (AvgIpc) is 3.20. The largest absolute Gasteiger partial charge is 0.351 e. The summed E-state index contributed by atoms with van der Waals surface area (Å²) in [6.45, 7) is 0.810. The van der Waals surface area contributed by atoms with Crippen LogP contribution >= 0.6 is 0 Å². The van der Waals surface area contributed by atoms with E-state index < -0.39 is 11.6 Å². The van der Waals surface area contributed by atoms with Crippen molar-refractivity contribution in [1.29, 1.82) is 0 Å². The number of nitrogens with zero attached hydrogens (tertiary/aromatic N) is 2. The second-order valence-electron chi connectivity index (χ2n) is 5.10. The zero-order chi connectivity index (χ0) is 12.7. The van der Waals surface area contributed by atoms with Crippen LogP contribution < -0.4 is 16.2 Å². The highest BCUT2D eigenvalue weighted by molar-refractivity contribution is 5.50. The SMILES string of the molecule is NNc1nc(N(CC2CC2)C2CC2)c(F)cc1F. The number of pyridine rings is 1. The smallest absolute Gasteiger partial charge is 0.178 e. The van der Waals surface area contributed by atoms with Crippen molar-refractivity contribution < 1.29 is 8.78 Å². The number of nitrogen functional groups attached to an aromatic ring is 1. The lowest BCUT2D eigenvalue weighted by Crippen LogP contribution is -2.30. The Morgan fingerprint density at radius 3 is 2.56 bits per heavy atom. The summed E-state index contributed by atoms with van der Waals surface area (Å²) in [5, 5.41) is 0. The lowest BCUT2D eigenvalue weighted by Gasteiger charge is -2.24. The number of nitrogens with two attached hydrogens (primary N) is 1. The van der Waals surface area contributed by atoms with Crippen molar-refractivity contribution in [3.8, 4) is 0 Å². The van der Waals surface area contributed by atoms with E-state index in [9.17, 15) is 8.78 Å². The van der Waals surface area contributed by atoms with Crippen LogP contribution in [0, 0.1) is 17.6 Å². The molecule has 0 amide bonds. The standard InChI is InChI=1S/C12H16F2N4/c13-9-5-10(14)12(16-11(9)17-15)18(8-3-4-8)6-7-1-2-7/h5,7-8H,1-4,6,15H2,(H,16,17). The van der Waals surface area contributed by atoms with Gasteiger partial charge in [0, 0.05) is 18.7 Å². The number of hydrogen-bond acceptors (Lipinski definition) is 4. The van der Waals surface area contributed by atoms with Crippen LogP contribution in [0.5, 0.6) is 0 Å². The third-order valence-electron chi connectivity index (χ3n) is 3.46. The van der Waals surface area contributed by atoms with E-state index in [1.165, 1.54) is 12.8 Å². The topological polar surface area (TPSA) is 54.2 Å². The normalized spacial score (nSPS) is 18.8. The fraction of sp³-hybridized carbons (Fsp3) is 0.583. The summed E-state index contributed by atoms with van der Waals surface area (Å²) in [6, 6.07) is 1.20. The van der Waals surface area contributed by atoms with Crippen molar-refractivity contribution in [1.82, 2.24) is 4.98 Å². The van der Waals surface area contributed by atoms with Gasteiger partial charge in [-0.1, -0.05) is 0 Å². The van der Waals surface area contributed by atoms with Gasteiger partial charge in [0.25, 0.3) is 0 Å². The molecule has 0 unspecified atom stereocenters. The van der Waals surface area contributed by atoms with E-state index >= 15 is 0 Å². The van der Waals surface area contributed by atoms with E-state index in [-0.39, 0.29) is 11.6 Å². The molecule has 2 saturated carbocycles. The Kier molecular flexibility index (Phi) is 2.81. The number of nitrogens with one attached hydrogen (secondary N) is 1. The second-order valence-corrected chi connectivity index (χ2v) is 5.10. The van der Waals surface area contributed by atoms with E-state index in [1.807, 2.05) is 4.90 Å². The molecule has 0 aromatic carbocycles. The van der Waals surface area contributed by atoms with Crippen molar-refractivity contribution in [3.05, 3.63) is 17.7 Å². The summed E-state index contributed by atoms with van der Waals surface area (Å²) in [5.74, 6) is 4.55. The molecule has 0 spiro atoms. The number of hydrazine groups is 1. The minimum atomic E-state index is -0.763. The molecule has 3 N–H and O–H groups in total. The summed E-state index contributed by atoms with van der Waals surface area (Å²) >= 11 is 0. The molecular weight excluding hydrogens is 238 g/mol. The van der Waals surface area contributed by atoms with E-state index in [4.69, 9.17) is 5.84 Å². The molecule has 2 aliphatic rings. The molecule has 1 aromatic rings. The molecular formula is C12H16F2N4. The van der Waals surface area contributed by atoms with Gasteiger partial charge in [-0.25, -0.2) is 19.6 Å². The Morgan fingerprint density at radius 1 is 1.28 bits per heavy atom. The van der Waals surface area contributed by atoms with Gasteiger partial charge in [-0.15, -0.1) is 0 Å². The van der Waals surface area contributed by atoms with Crippen LogP contribution in [0.4, 0.5) is 20.4 Å². The van der Waals surface area contributed by atoms with Gasteiger partial charge in [-0.05, 0) is 31.6 Å². The summed E-state index contributed by atoms with van der Waals surface area (Å²) in [6.07, 6.45) is 4.48. The fourth-order valence-corrected chi connectivity index (χ4v) is 2.13. The zero-order valence-corrected chi connectivity index (χ0v) is 10.00. The van der Waals surface area contributed by atoms with Crippen molar-refractivity contribution in [2.45, 2.75) is 31.7 Å². The van der Waals surface area contributed by atoms with Crippen LogP contribution in [0.3, 0.4) is 0 Å². The van der Waals surface area contributed by atoms with Crippen molar-refractivity contribution in [2.75, 3.05) is 16.9 Å². The number of rotatable bonds is 5. The predicted octanol–water partition coefficient (Wildman–Crippen LogP) is 2.02. The monoisotopic (exact) mass is 254 g/mol. The molecule has 0 saturated heterocycles. The molecule has 2 fully saturated rings. The molecule has 0 aliphatic heterocycles. The number of hydrogen-bond donors (Lipinski definition) is 2. The zero-order valence-electron chi connectivity index (χ0n) is 10.00. The Hall–Kier alpha value is -1.43. The number of anilines is 2. The van der Waals surface area contributed by atoms with Gasteiger partial charge in [-0.3, -0.25) is 0 Å². The highest BCUT2D eigenvalue weighted by atomic mass is 19.1. The minimum absolute atomic E-state index is 0.104. The third-order valence-corrected chi connectivity index (χ3v) is 3.46. The summed E-state index contributed by atoms with van der Waals surface area (Å²) < 4.78 is 27.2. The van der Waals surface area contributed by atoms with Crippen LogP contribution in [0.15, 0.2) is 6.07 Å². The first-order valence-electron chi connectivity index (χ1n) is 6.28. The quantitative estimate of drug-likeness (QED) is 0.623. The van der Waals surface area contributed by atoms with Crippen molar-refractivity contribution >= 4 is 11.6 Å². The van der Waals surface area contributed by atoms with Gasteiger partial charge in [0.1, 0.15) is 0 Å². The van der Waals surface area contributed by atoms with Crippen LogP contribution in [0.2, 0.25) is 0 Å². The molecule has 4 nitrogen and oxygen atoms in total. The number of halogens is 2. The molecule has 1 aromatic heterocycles. The maximum Gasteiger partial charge on any atom is 0.178 e. The number of aromatic nitrogens is 1. The summed E-state index contributed by atoms with van der Waals surface area (Å²) in [7, 11) is 0. The molecule has 98 valence electrons. The first-order chi connectivity index (χ1) is 8.69. The lowest BCUT2D eigenvalue weighted by atomic mass is 10.3. The molecule has 3 rings (SSSR count). The molecule has 0 atom stereocenters. The molecule has 6 heteroatoms. The van der Waals surface area contributed by atoms with Gasteiger partial charge in [0.2, 0.25) is 0 Å². The van der Waals surface area contributed by atoms with E-state index in [2.05, 4.69) is 10.4 Å². The van der Waals surface area contributed by atoms with Crippen LogP contribution in [-0.4, -0.2) is 17.6 Å². The Balaban J connectivity index is 1.91. The minimum Gasteiger partial charge on any atom is -0.351 e. The van der Waals surface area contributed by atoms with Crippen LogP contribution in [0.1, 0.15) is 25.7 Å². The Morgan fingerprint density at radius 2 is 2.00 bits per heavy atom. The van der Waals surface area contributed by atoms with Gasteiger partial charge in [-0.2, -0.15) is 0 Å². The first kappa shape index (κ1) is 11.6. The summed E-state index contributed by atoms with van der Waals surface area (Å²) in [4.78, 5) is 5.94. The third kappa shape index (κ3) is 2.25. The molecule has 2 aliphatic carbocycles. The summed E-state index contributed by atoms with van der Waals surface area (Å²) in [5.41, 5.74) is 2.17. The van der Waals surface area contributed by atoms with Gasteiger partial charge >= 0.3 is 0 Å². The molecule has 0 bridgehead atoms. The van der Waals surface area contributed by atoms with Gasteiger partial charge < -0.3 is 10.3 Å². The maximum absolute atomic E-state index is 13.9. The lowest BCUT2D eigenvalue weighted by molar-refractivity contribution is 0.565. The Bertz CT molecular complexity index is 458. The van der Waals surface area contributed by atoms with Crippen LogP contribution in [0.25, 0.3) is 0 Å². The first-order valence-corrected chi connectivity index (χ1v) is 6.28. The molecule has 1 heterocycles. The highest BCUT2D eigenvalue weighted by Crippen LogP contribution is 2.38. The maximum atomic E-state index is 13.9. The van der Waals surface area contributed by atoms with Crippen LogP contribution in [-0.2, 0) is 0 Å². The Labute approximate surface area is 104 Å². The van der Waals surface area contributed by atoms with E-state index in [0.717, 1.165) is 25.5 Å². The fourth-order valence-electron chi connectivity index (χ4n) is 2.13. The van der Waals surface area contributed by atoms with E-state index in [1.54, 1.807) is 0 Å². The molecule has 0 radical (unpaired) electrons. The van der Waals surface area contributed by atoms with E-state index in [0.29, 0.717) is 12.0 Å². The average molecular weight is 254 g/mol.